The second-order valence-electron chi connectivity index (χ2n) is 9.40. The smallest absolute Gasteiger partial charge is 0.270 e. The molecule has 0 radical (unpaired) electrons. The molecule has 2 aromatic carbocycles. The quantitative estimate of drug-likeness (QED) is 0.469. The number of hydrogen-bond donors (Lipinski definition) is 2. The first-order chi connectivity index (χ1) is 22.5. The predicted octanol–water partition coefficient (Wildman–Crippen LogP) is 4.09. The zero-order chi connectivity index (χ0) is 36.6. The minimum Gasteiger partial charge on any atom is -0.348 e. The molecule has 0 unspecified atom stereocenters. The van der Waals surface area contributed by atoms with Crippen LogP contribution in [0.2, 0.25) is 0 Å². The lowest BCUT2D eigenvalue weighted by Crippen LogP contribution is -2.52. The van der Waals surface area contributed by atoms with Crippen molar-refractivity contribution in [2.24, 2.45) is 5.89 Å². The van der Waals surface area contributed by atoms with Crippen molar-refractivity contribution >= 4 is 34.3 Å². The third kappa shape index (κ3) is 4.11. The van der Waals surface area contributed by atoms with E-state index in [0.717, 1.165) is 4.90 Å². The summed E-state index contributed by atoms with van der Waals surface area (Å²) in [4.78, 5) is 44.4. The number of aromatic nitrogens is 1. The molecule has 0 aliphatic carbocycles. The molecule has 11 heteroatoms. The van der Waals surface area contributed by atoms with Gasteiger partial charge in [0.15, 0.2) is 11.6 Å². The lowest BCUT2D eigenvalue weighted by Gasteiger charge is -2.33. The highest BCUT2D eigenvalue weighted by atomic mass is 19.2. The van der Waals surface area contributed by atoms with Crippen molar-refractivity contribution in [2.45, 2.75) is 44.0 Å². The van der Waals surface area contributed by atoms with E-state index in [9.17, 15) is 32.8 Å². The van der Waals surface area contributed by atoms with Crippen LogP contribution in [0.4, 0.5) is 18.9 Å². The summed E-state index contributed by atoms with van der Waals surface area (Å²) in [6.45, 7) is -11.8. The molecule has 2 N–H and O–H groups in total. The van der Waals surface area contributed by atoms with Crippen LogP contribution >= 0.6 is 0 Å². The number of hydrogen-bond acceptors (Lipinski definition) is 4. The Bertz CT molecular complexity index is 1910. The first-order valence-corrected chi connectivity index (χ1v) is 11.6. The number of rotatable bonds is 5. The van der Waals surface area contributed by atoms with Crippen LogP contribution in [0.1, 0.15) is 56.3 Å². The summed E-state index contributed by atoms with van der Waals surface area (Å²) in [5.41, 5.74) is -2.64. The monoisotopic (exact) mass is 547 g/mol. The molecule has 0 saturated carbocycles. The minimum absolute atomic E-state index is 0.164. The number of nitriles is 1. The number of nitrogens with zero attached hydrogens (tertiary/aromatic N) is 3. The van der Waals surface area contributed by atoms with Crippen molar-refractivity contribution in [3.8, 4) is 6.07 Å². The lowest BCUT2D eigenvalue weighted by molar-refractivity contribution is -0.136. The van der Waals surface area contributed by atoms with Gasteiger partial charge in [-0.25, -0.2) is 13.2 Å². The topological polar surface area (TPSA) is 109 Å². The van der Waals surface area contributed by atoms with Crippen LogP contribution in [0, 0.1) is 34.7 Å². The molecule has 1 aromatic heterocycles. The maximum atomic E-state index is 14.5. The first-order valence-electron chi connectivity index (χ1n) is 16.6. The van der Waals surface area contributed by atoms with Crippen molar-refractivity contribution < 1.29 is 41.3 Å². The molecule has 3 heterocycles. The summed E-state index contributed by atoms with van der Waals surface area (Å²) in [5.74, 6) is -12.1. The number of aromatic amines is 1. The van der Waals surface area contributed by atoms with E-state index >= 15 is 0 Å². The highest BCUT2D eigenvalue weighted by molar-refractivity contribution is 6.07. The van der Waals surface area contributed by atoms with E-state index in [1.807, 2.05) is 6.07 Å². The predicted molar refractivity (Wildman–Crippen MR) is 136 cm³/mol. The number of halogens is 3. The Morgan fingerprint density at radius 2 is 2.05 bits per heavy atom. The van der Waals surface area contributed by atoms with Gasteiger partial charge in [-0.15, -0.1) is 0 Å². The summed E-state index contributed by atoms with van der Waals surface area (Å²) >= 11 is 0. The number of H-pyrrole nitrogens is 1. The van der Waals surface area contributed by atoms with Gasteiger partial charge in [0.1, 0.15) is 23.6 Å². The van der Waals surface area contributed by atoms with Gasteiger partial charge in [0, 0.05) is 50.8 Å². The lowest BCUT2D eigenvalue weighted by atomic mass is 9.80. The Balaban J connectivity index is 1.69. The van der Waals surface area contributed by atoms with Crippen LogP contribution in [-0.4, -0.2) is 58.1 Å². The zero-order valence-electron chi connectivity index (χ0n) is 29.9. The molecule has 3 amide bonds. The summed E-state index contributed by atoms with van der Waals surface area (Å²) in [6.07, 6.45) is -1.99. The molecule has 202 valence electrons. The molecular weight excluding hydrogens is 511 g/mol. The van der Waals surface area contributed by atoms with E-state index in [0.29, 0.717) is 17.3 Å². The summed E-state index contributed by atoms with van der Waals surface area (Å²) < 4.78 is 124. The molecule has 0 bridgehead atoms. The van der Waals surface area contributed by atoms with Gasteiger partial charge in [-0.1, -0.05) is 31.9 Å². The number of carbonyl (C=O) groups is 3. The highest BCUT2D eigenvalue weighted by Gasteiger charge is 2.56. The van der Waals surface area contributed by atoms with Crippen LogP contribution in [-0.2, 0) is 15.0 Å². The zero-order valence-corrected chi connectivity index (χ0v) is 19.9. The van der Waals surface area contributed by atoms with Crippen molar-refractivity contribution in [1.82, 2.24) is 14.8 Å². The van der Waals surface area contributed by atoms with E-state index in [1.54, 1.807) is 24.3 Å². The molecule has 2 aliphatic heterocycles. The number of amides is 3. The molecule has 3 aromatic rings. The molecule has 1 spiro atoms. The van der Waals surface area contributed by atoms with Crippen LogP contribution in [0.3, 0.4) is 0 Å². The van der Waals surface area contributed by atoms with Gasteiger partial charge in [0.05, 0.1) is 17.0 Å². The molecule has 5 rings (SSSR count). The van der Waals surface area contributed by atoms with E-state index in [2.05, 4.69) is 10.3 Å². The van der Waals surface area contributed by atoms with Crippen molar-refractivity contribution in [1.29, 1.82) is 5.26 Å². The van der Waals surface area contributed by atoms with Gasteiger partial charge in [0.2, 0.25) is 11.8 Å². The van der Waals surface area contributed by atoms with Crippen molar-refractivity contribution in [3.05, 3.63) is 65.1 Å². The maximum absolute atomic E-state index is 14.5. The average molecular weight is 548 g/mol. The number of fused-ring (bicyclic) bond motifs is 3. The standard InChI is InChI=1S/C28H26F3N5O3/c1-14(2)8-22(35(3)25(37)21-9-16-18(29)10-19(30)23(31)24(16)33-21)26(38)36-13-28(11-15(36)12-32)17-6-4-5-7-20(17)34-27(28)39/h4-7,9-10,14-15,22,33H,8,11,13H2,1-3H3,(H,34,39)/t15-,22-,28-/m0/s1/i1D3,2D3,3D3,14D. The van der Waals surface area contributed by atoms with Gasteiger partial charge >= 0.3 is 0 Å². The Morgan fingerprint density at radius 3 is 2.77 bits per heavy atom. The number of likely N-dealkylation sites (N-methyl/N-ethyl adjacent to an activating group) is 1. The Kier molecular flexibility index (Phi) is 4.02. The molecule has 1 fully saturated rings. The first kappa shape index (κ1) is 16.6. The van der Waals surface area contributed by atoms with Gasteiger partial charge in [0.25, 0.3) is 5.91 Å². The number of likely N-dealkylation sites (tertiary alicyclic amines) is 1. The Morgan fingerprint density at radius 1 is 1.28 bits per heavy atom. The largest absolute Gasteiger partial charge is 0.348 e. The van der Waals surface area contributed by atoms with Crippen LogP contribution in [0.5, 0.6) is 0 Å². The minimum atomic E-state index is -3.74. The Labute approximate surface area is 236 Å². The normalized spacial score (nSPS) is 25.8. The molecule has 39 heavy (non-hydrogen) atoms. The van der Waals surface area contributed by atoms with E-state index in [-0.39, 0.29) is 17.4 Å². The summed E-state index contributed by atoms with van der Waals surface area (Å²) in [7, 11) is 0. The second kappa shape index (κ2) is 9.45. The molecule has 3 atom stereocenters. The molecular formula is C28H26F3N5O3. The fourth-order valence-electron chi connectivity index (χ4n) is 5.23. The van der Waals surface area contributed by atoms with Gasteiger partial charge in [-0.2, -0.15) is 5.26 Å². The van der Waals surface area contributed by atoms with Gasteiger partial charge < -0.3 is 20.1 Å². The number of anilines is 1. The number of para-hydroxylation sites is 1. The highest BCUT2D eigenvalue weighted by Crippen LogP contribution is 2.46. The SMILES string of the molecule is [2H]C([2H])([2H])N(C(=O)c1cc2c(F)cc(F)c(F)c2[nH]1)[C@@H](CC([2H])(C([2H])([2H])[2H])C([2H])([2H])[2H])C(=O)N1C[C@]2(C[C@H]1C#N)C(=O)Nc1ccccc12. The van der Waals surface area contributed by atoms with Gasteiger partial charge in [-0.05, 0) is 30.0 Å². The number of nitrogens with one attached hydrogen (secondary N) is 2. The Hall–Kier alpha value is -4.33. The number of carbonyl (C=O) groups excluding carboxylic acids is 3. The second-order valence-corrected chi connectivity index (χ2v) is 9.40. The summed E-state index contributed by atoms with van der Waals surface area (Å²) in [5, 5.41) is 12.0. The van der Waals surface area contributed by atoms with Crippen LogP contribution in [0.15, 0.2) is 36.4 Å². The van der Waals surface area contributed by atoms with Crippen molar-refractivity contribution in [3.63, 3.8) is 0 Å². The maximum Gasteiger partial charge on any atom is 0.270 e. The molecule has 8 nitrogen and oxygen atoms in total. The van der Waals surface area contributed by atoms with E-state index < -0.39 is 109 Å². The van der Waals surface area contributed by atoms with Crippen LogP contribution < -0.4 is 5.32 Å². The van der Waals surface area contributed by atoms with E-state index in [4.69, 9.17) is 13.7 Å². The average Bonchev–Trinajstić information content (AvgIpc) is 3.68. The molecule has 1 saturated heterocycles. The third-order valence-corrected chi connectivity index (χ3v) is 7.12. The molecule has 2 aliphatic rings. The third-order valence-electron chi connectivity index (χ3n) is 7.12. The van der Waals surface area contributed by atoms with Crippen LogP contribution in [0.25, 0.3) is 10.9 Å². The number of benzene rings is 2. The fraction of sp³-hybridized carbons (Fsp3) is 0.357. The van der Waals surface area contributed by atoms with E-state index in [1.165, 1.54) is 0 Å². The van der Waals surface area contributed by atoms with Crippen molar-refractivity contribution in [2.75, 3.05) is 18.8 Å². The summed E-state index contributed by atoms with van der Waals surface area (Å²) in [6, 6.07) is 4.78. The fourth-order valence-corrected chi connectivity index (χ4v) is 5.23. The van der Waals surface area contributed by atoms with Gasteiger partial charge in [-0.3, -0.25) is 14.4 Å².